The molecule has 5 rings (SSSR count). The smallest absolute Gasteiger partial charge is 0.162 e. The fraction of sp³-hybridized carbons (Fsp3) is 0.545. The highest BCUT2D eigenvalue weighted by atomic mass is 32.1. The molecule has 0 aliphatic carbocycles. The number of nitrogens with zero attached hydrogens (tertiary/aromatic N) is 6. The number of benzene rings is 1. The first-order valence-corrected chi connectivity index (χ1v) is 11.7. The minimum absolute atomic E-state index is 0.122. The van der Waals surface area contributed by atoms with Gasteiger partial charge in [0.25, 0.3) is 0 Å². The summed E-state index contributed by atoms with van der Waals surface area (Å²) in [5, 5.41) is 25.6. The van der Waals surface area contributed by atoms with Gasteiger partial charge in [-0.15, -0.1) is 21.5 Å². The van der Waals surface area contributed by atoms with E-state index in [0.29, 0.717) is 0 Å². The van der Waals surface area contributed by atoms with Crippen LogP contribution in [0.25, 0.3) is 10.9 Å². The number of aliphatic hydroxyl groups is 1. The van der Waals surface area contributed by atoms with Gasteiger partial charge in [-0.3, -0.25) is 0 Å². The number of thiazole rings is 1. The molecule has 4 heterocycles. The van der Waals surface area contributed by atoms with Crippen molar-refractivity contribution in [2.75, 3.05) is 49.2 Å². The van der Waals surface area contributed by atoms with Crippen LogP contribution in [0.3, 0.4) is 0 Å². The molecule has 2 fully saturated rings. The summed E-state index contributed by atoms with van der Waals surface area (Å²) >= 11 is 1.60. The lowest BCUT2D eigenvalue weighted by Crippen LogP contribution is -2.38. The van der Waals surface area contributed by atoms with Crippen molar-refractivity contribution in [3.63, 3.8) is 0 Å². The number of piperidine rings is 1. The highest BCUT2D eigenvalue weighted by Gasteiger charge is 2.30. The number of aromatic nitrogens is 4. The SMILES string of the molecule is Cc1nc(C(O)[C@@H]2CCCN(c3nnnc4cc(N5CCOCC5)ccc34)C2)sc1C. The van der Waals surface area contributed by atoms with Gasteiger partial charge in [0.05, 0.1) is 18.9 Å². The molecule has 0 spiro atoms. The van der Waals surface area contributed by atoms with Gasteiger partial charge in [0.15, 0.2) is 5.82 Å². The first-order valence-electron chi connectivity index (χ1n) is 10.9. The van der Waals surface area contributed by atoms with E-state index in [4.69, 9.17) is 4.74 Å². The number of hydrogen-bond donors (Lipinski definition) is 1. The lowest BCUT2D eigenvalue weighted by atomic mass is 9.92. The summed E-state index contributed by atoms with van der Waals surface area (Å²) < 4.78 is 5.47. The van der Waals surface area contributed by atoms with Gasteiger partial charge in [-0.2, -0.15) is 0 Å². The summed E-state index contributed by atoms with van der Waals surface area (Å²) in [4.78, 5) is 10.3. The third kappa shape index (κ3) is 4.09. The number of fused-ring (bicyclic) bond motifs is 1. The van der Waals surface area contributed by atoms with Crippen LogP contribution in [-0.2, 0) is 4.74 Å². The lowest BCUT2D eigenvalue weighted by Gasteiger charge is -2.35. The third-order valence-corrected chi connectivity index (χ3v) is 7.54. The van der Waals surface area contributed by atoms with Gasteiger partial charge in [-0.1, -0.05) is 0 Å². The van der Waals surface area contributed by atoms with E-state index >= 15 is 0 Å². The summed E-state index contributed by atoms with van der Waals surface area (Å²) in [5.41, 5.74) is 3.00. The Kier molecular flexibility index (Phi) is 5.73. The number of ether oxygens (including phenoxy) is 1. The number of hydrogen-bond acceptors (Lipinski definition) is 9. The monoisotopic (exact) mass is 440 g/mol. The van der Waals surface area contributed by atoms with Crippen molar-refractivity contribution in [2.24, 2.45) is 5.92 Å². The normalized spacial score (nSPS) is 20.9. The molecule has 0 bridgehead atoms. The Balaban J connectivity index is 1.39. The summed E-state index contributed by atoms with van der Waals surface area (Å²) in [7, 11) is 0. The molecular formula is C22H28N6O2S. The van der Waals surface area contributed by atoms with Crippen molar-refractivity contribution in [3.05, 3.63) is 33.8 Å². The zero-order chi connectivity index (χ0) is 21.4. The molecule has 8 nitrogen and oxygen atoms in total. The third-order valence-electron chi connectivity index (χ3n) is 6.39. The molecule has 2 atom stereocenters. The molecule has 164 valence electrons. The summed E-state index contributed by atoms with van der Waals surface area (Å²) in [5.74, 6) is 0.971. The van der Waals surface area contributed by atoms with Crippen molar-refractivity contribution in [1.82, 2.24) is 20.4 Å². The second-order valence-corrected chi connectivity index (χ2v) is 9.64. The van der Waals surface area contributed by atoms with E-state index < -0.39 is 6.10 Å². The van der Waals surface area contributed by atoms with Gasteiger partial charge >= 0.3 is 0 Å². The Hall–Kier alpha value is -2.36. The van der Waals surface area contributed by atoms with E-state index in [1.165, 1.54) is 4.88 Å². The minimum Gasteiger partial charge on any atom is -0.386 e. The van der Waals surface area contributed by atoms with E-state index in [1.807, 2.05) is 6.92 Å². The number of rotatable bonds is 4. The van der Waals surface area contributed by atoms with Gasteiger partial charge in [0.2, 0.25) is 0 Å². The topological polar surface area (TPSA) is 87.5 Å². The average molecular weight is 441 g/mol. The van der Waals surface area contributed by atoms with Crippen LogP contribution in [0.2, 0.25) is 0 Å². The van der Waals surface area contributed by atoms with Crippen molar-refractivity contribution in [1.29, 1.82) is 0 Å². The molecule has 9 heteroatoms. The lowest BCUT2D eigenvalue weighted by molar-refractivity contribution is 0.0976. The van der Waals surface area contributed by atoms with Crippen molar-refractivity contribution < 1.29 is 9.84 Å². The van der Waals surface area contributed by atoms with Crippen LogP contribution < -0.4 is 9.80 Å². The fourth-order valence-corrected chi connectivity index (χ4v) is 5.50. The maximum absolute atomic E-state index is 11.0. The molecule has 0 radical (unpaired) electrons. The van der Waals surface area contributed by atoms with Crippen LogP contribution in [0.15, 0.2) is 18.2 Å². The van der Waals surface area contributed by atoms with Crippen molar-refractivity contribution >= 4 is 33.7 Å². The first kappa shape index (κ1) is 20.5. The van der Waals surface area contributed by atoms with E-state index in [1.54, 1.807) is 11.3 Å². The van der Waals surface area contributed by atoms with Crippen LogP contribution >= 0.6 is 11.3 Å². The number of anilines is 2. The van der Waals surface area contributed by atoms with Gasteiger partial charge in [0.1, 0.15) is 16.6 Å². The standard InChI is InChI=1S/C22H28N6O2S/c1-14-15(2)31-22(23-14)20(29)16-4-3-7-28(13-16)21-18-6-5-17(12-19(18)24-26-25-21)27-8-10-30-11-9-27/h5-6,12,16,20,29H,3-4,7-11,13H2,1-2H3/t16-,20?/m1/s1. The van der Waals surface area contributed by atoms with Crippen molar-refractivity contribution in [2.45, 2.75) is 32.8 Å². The summed E-state index contributed by atoms with van der Waals surface area (Å²) in [6, 6.07) is 6.33. The van der Waals surface area contributed by atoms with Crippen LogP contribution in [0.1, 0.15) is 34.5 Å². The van der Waals surface area contributed by atoms with Crippen molar-refractivity contribution in [3.8, 4) is 0 Å². The van der Waals surface area contributed by atoms with Crippen LogP contribution in [-0.4, -0.2) is 64.9 Å². The Labute approximate surface area is 185 Å². The molecule has 0 amide bonds. The number of morpholine rings is 1. The van der Waals surface area contributed by atoms with Gasteiger partial charge in [-0.25, -0.2) is 4.98 Å². The Morgan fingerprint density at radius 2 is 1.97 bits per heavy atom. The molecule has 1 N–H and O–H groups in total. The first-order chi connectivity index (χ1) is 15.1. The number of aliphatic hydroxyl groups excluding tert-OH is 1. The molecule has 1 aromatic carbocycles. The highest BCUT2D eigenvalue weighted by molar-refractivity contribution is 7.11. The molecule has 2 aliphatic heterocycles. The molecule has 31 heavy (non-hydrogen) atoms. The second kappa shape index (κ2) is 8.64. The number of aryl methyl sites for hydroxylation is 2. The minimum atomic E-state index is -0.547. The second-order valence-electron chi connectivity index (χ2n) is 8.40. The average Bonchev–Trinajstić information content (AvgIpc) is 3.16. The fourth-order valence-electron chi connectivity index (χ4n) is 4.50. The summed E-state index contributed by atoms with van der Waals surface area (Å²) in [6.07, 6.45) is 1.43. The highest BCUT2D eigenvalue weighted by Crippen LogP contribution is 2.35. The molecular weight excluding hydrogens is 412 g/mol. The van der Waals surface area contributed by atoms with Crippen LogP contribution in [0.4, 0.5) is 11.5 Å². The molecule has 2 saturated heterocycles. The zero-order valence-corrected chi connectivity index (χ0v) is 18.8. The Bertz CT molecular complexity index is 1050. The Morgan fingerprint density at radius 1 is 1.13 bits per heavy atom. The van der Waals surface area contributed by atoms with Gasteiger partial charge in [-0.05, 0) is 50.1 Å². The predicted octanol–water partition coefficient (Wildman–Crippen LogP) is 2.88. The van der Waals surface area contributed by atoms with E-state index in [2.05, 4.69) is 55.3 Å². The largest absolute Gasteiger partial charge is 0.386 e. The Morgan fingerprint density at radius 3 is 2.74 bits per heavy atom. The van der Waals surface area contributed by atoms with Gasteiger partial charge in [0, 0.05) is 48.0 Å². The summed E-state index contributed by atoms with van der Waals surface area (Å²) in [6.45, 7) is 8.97. The molecule has 3 aromatic rings. The maximum atomic E-state index is 11.0. The van der Waals surface area contributed by atoms with E-state index in [0.717, 1.165) is 85.3 Å². The van der Waals surface area contributed by atoms with Crippen LogP contribution in [0.5, 0.6) is 0 Å². The van der Waals surface area contributed by atoms with E-state index in [-0.39, 0.29) is 5.92 Å². The van der Waals surface area contributed by atoms with E-state index in [9.17, 15) is 5.11 Å². The molecule has 2 aromatic heterocycles. The molecule has 2 aliphatic rings. The quantitative estimate of drug-likeness (QED) is 0.663. The zero-order valence-electron chi connectivity index (χ0n) is 18.0. The molecule has 1 unspecified atom stereocenters. The van der Waals surface area contributed by atoms with Gasteiger partial charge < -0.3 is 19.6 Å². The van der Waals surface area contributed by atoms with Crippen LogP contribution in [0, 0.1) is 19.8 Å². The molecule has 0 saturated carbocycles. The predicted molar refractivity (Wildman–Crippen MR) is 122 cm³/mol. The maximum Gasteiger partial charge on any atom is 0.162 e.